The predicted molar refractivity (Wildman–Crippen MR) is 46.1 cm³/mol. The topological polar surface area (TPSA) is 42.7 Å². The van der Waals surface area contributed by atoms with Crippen molar-refractivity contribution in [2.24, 2.45) is 0 Å². The van der Waals surface area contributed by atoms with E-state index < -0.39 is 11.9 Å². The largest absolute Gasteiger partial charge is 0.434 e. The van der Waals surface area contributed by atoms with Crippen LogP contribution in [-0.4, -0.2) is 22.0 Å². The summed E-state index contributed by atoms with van der Waals surface area (Å²) in [4.78, 5) is 0. The minimum atomic E-state index is -4.38. The highest BCUT2D eigenvalue weighted by molar-refractivity contribution is 5.15. The van der Waals surface area contributed by atoms with E-state index in [0.717, 1.165) is 17.5 Å². The van der Waals surface area contributed by atoms with Crippen molar-refractivity contribution in [3.8, 4) is 0 Å². The normalized spacial score (nSPS) is 17.1. The van der Waals surface area contributed by atoms with Crippen LogP contribution in [0.5, 0.6) is 0 Å². The van der Waals surface area contributed by atoms with E-state index in [1.54, 1.807) is 7.05 Å². The molecule has 7 heteroatoms. The lowest BCUT2D eigenvalue weighted by atomic mass is 10.3. The van der Waals surface area contributed by atoms with Crippen LogP contribution >= 0.6 is 0 Å². The number of aromatic nitrogens is 3. The van der Waals surface area contributed by atoms with Gasteiger partial charge in [0.15, 0.2) is 5.69 Å². The van der Waals surface area contributed by atoms with Crippen molar-refractivity contribution in [1.82, 2.24) is 20.3 Å². The van der Waals surface area contributed by atoms with Crippen LogP contribution in [0.3, 0.4) is 0 Å². The van der Waals surface area contributed by atoms with Crippen molar-refractivity contribution in [2.45, 2.75) is 31.6 Å². The van der Waals surface area contributed by atoms with Crippen LogP contribution in [-0.2, 0) is 12.7 Å². The molecule has 0 spiro atoms. The molecule has 0 saturated heterocycles. The Bertz CT molecular complexity index is 353. The lowest BCUT2D eigenvalue weighted by Crippen LogP contribution is -2.18. The van der Waals surface area contributed by atoms with Gasteiger partial charge in [0.25, 0.3) is 0 Å². The average Bonchev–Trinajstić information content (AvgIpc) is 2.87. The maximum absolute atomic E-state index is 12.7. The average molecular weight is 220 g/mol. The highest BCUT2D eigenvalue weighted by atomic mass is 19.4. The zero-order chi connectivity index (χ0) is 11.1. The van der Waals surface area contributed by atoms with Gasteiger partial charge in [-0.15, -0.1) is 5.10 Å². The Hall–Kier alpha value is -1.11. The van der Waals surface area contributed by atoms with Crippen molar-refractivity contribution in [3.63, 3.8) is 0 Å². The fourth-order valence-corrected chi connectivity index (χ4v) is 1.48. The minimum absolute atomic E-state index is 0.0306. The van der Waals surface area contributed by atoms with Gasteiger partial charge in [0.05, 0.1) is 6.04 Å². The van der Waals surface area contributed by atoms with Gasteiger partial charge in [0.1, 0.15) is 5.69 Å². The molecular formula is C8H11F3N4. The molecule has 0 atom stereocenters. The molecule has 2 rings (SSSR count). The maximum atomic E-state index is 12.7. The third-order valence-corrected chi connectivity index (χ3v) is 2.27. The fourth-order valence-electron chi connectivity index (χ4n) is 1.48. The molecule has 84 valence electrons. The second-order valence-electron chi connectivity index (χ2n) is 3.59. The number of hydrogen-bond donors (Lipinski definition) is 1. The molecule has 1 saturated carbocycles. The molecule has 1 aliphatic carbocycles. The molecule has 1 aromatic rings. The van der Waals surface area contributed by atoms with Crippen LogP contribution in [0.15, 0.2) is 0 Å². The molecule has 1 N–H and O–H groups in total. The molecule has 15 heavy (non-hydrogen) atoms. The summed E-state index contributed by atoms with van der Waals surface area (Å²) in [5.41, 5.74) is -0.740. The van der Waals surface area contributed by atoms with Crippen LogP contribution in [0.25, 0.3) is 0 Å². The molecule has 1 fully saturated rings. The summed E-state index contributed by atoms with van der Waals surface area (Å²) in [6.07, 6.45) is -2.87. The van der Waals surface area contributed by atoms with Crippen LogP contribution in [0, 0.1) is 0 Å². The van der Waals surface area contributed by atoms with E-state index in [-0.39, 0.29) is 18.3 Å². The lowest BCUT2D eigenvalue weighted by molar-refractivity contribution is -0.145. The van der Waals surface area contributed by atoms with E-state index in [2.05, 4.69) is 15.6 Å². The van der Waals surface area contributed by atoms with Crippen molar-refractivity contribution in [1.29, 1.82) is 0 Å². The summed E-state index contributed by atoms with van der Waals surface area (Å²) in [6.45, 7) is 0.0849. The first-order valence-corrected chi connectivity index (χ1v) is 4.70. The number of hydrogen-bond acceptors (Lipinski definition) is 3. The minimum Gasteiger partial charge on any atom is -0.314 e. The van der Waals surface area contributed by atoms with Gasteiger partial charge in [-0.1, -0.05) is 5.21 Å². The highest BCUT2D eigenvalue weighted by Crippen LogP contribution is 2.40. The smallest absolute Gasteiger partial charge is 0.314 e. The van der Waals surface area contributed by atoms with Gasteiger partial charge in [-0.05, 0) is 19.9 Å². The molecular weight excluding hydrogens is 209 g/mol. The Morgan fingerprint density at radius 1 is 1.47 bits per heavy atom. The zero-order valence-corrected chi connectivity index (χ0v) is 8.17. The van der Waals surface area contributed by atoms with E-state index >= 15 is 0 Å². The van der Waals surface area contributed by atoms with Crippen molar-refractivity contribution >= 4 is 0 Å². The standard InChI is InChI=1S/C8H11F3N4/c1-12-4-6-7(8(9,10)11)15(14-13-6)5-2-3-5/h5,12H,2-4H2,1H3. The summed E-state index contributed by atoms with van der Waals surface area (Å²) in [5.74, 6) is 0. The molecule has 0 aromatic carbocycles. The van der Waals surface area contributed by atoms with Crippen LogP contribution < -0.4 is 5.32 Å². The van der Waals surface area contributed by atoms with Gasteiger partial charge in [-0.3, -0.25) is 0 Å². The van der Waals surface area contributed by atoms with Crippen molar-refractivity contribution < 1.29 is 13.2 Å². The fraction of sp³-hybridized carbons (Fsp3) is 0.750. The van der Waals surface area contributed by atoms with Gasteiger partial charge in [-0.2, -0.15) is 13.2 Å². The third-order valence-electron chi connectivity index (χ3n) is 2.27. The van der Waals surface area contributed by atoms with Gasteiger partial charge < -0.3 is 5.32 Å². The van der Waals surface area contributed by atoms with Crippen LogP contribution in [0.4, 0.5) is 13.2 Å². The van der Waals surface area contributed by atoms with Crippen LogP contribution in [0.1, 0.15) is 30.3 Å². The Kier molecular flexibility index (Phi) is 2.41. The second-order valence-corrected chi connectivity index (χ2v) is 3.59. The third kappa shape index (κ3) is 1.97. The summed E-state index contributed by atoms with van der Waals surface area (Å²) in [6, 6.07) is -0.111. The van der Waals surface area contributed by atoms with Crippen molar-refractivity contribution in [2.75, 3.05) is 7.05 Å². The van der Waals surface area contributed by atoms with Crippen LogP contribution in [0.2, 0.25) is 0 Å². The molecule has 0 amide bonds. The van der Waals surface area contributed by atoms with Gasteiger partial charge in [0.2, 0.25) is 0 Å². The molecule has 4 nitrogen and oxygen atoms in total. The second kappa shape index (κ2) is 3.48. The molecule has 1 aromatic heterocycles. The molecule has 1 heterocycles. The predicted octanol–water partition coefficient (Wildman–Crippen LogP) is 1.35. The quantitative estimate of drug-likeness (QED) is 0.836. The van der Waals surface area contributed by atoms with Gasteiger partial charge in [-0.25, -0.2) is 4.68 Å². The summed E-state index contributed by atoms with van der Waals surface area (Å²) < 4.78 is 39.2. The Labute approximate surface area is 84.5 Å². The molecule has 1 aliphatic rings. The summed E-state index contributed by atoms with van der Waals surface area (Å²) in [7, 11) is 1.58. The van der Waals surface area contributed by atoms with E-state index in [1.165, 1.54) is 0 Å². The SMILES string of the molecule is CNCc1nnn(C2CC2)c1C(F)(F)F. The maximum Gasteiger partial charge on any atom is 0.434 e. The molecule has 0 unspecified atom stereocenters. The first-order chi connectivity index (χ1) is 7.04. The van der Waals surface area contributed by atoms with Gasteiger partial charge in [0, 0.05) is 6.54 Å². The zero-order valence-electron chi connectivity index (χ0n) is 8.17. The number of rotatable bonds is 3. The molecule has 0 aliphatic heterocycles. The number of halogens is 3. The van der Waals surface area contributed by atoms with E-state index in [1.807, 2.05) is 0 Å². The highest BCUT2D eigenvalue weighted by Gasteiger charge is 2.42. The van der Waals surface area contributed by atoms with E-state index in [4.69, 9.17) is 0 Å². The first kappa shape index (κ1) is 10.4. The van der Waals surface area contributed by atoms with Gasteiger partial charge >= 0.3 is 6.18 Å². The monoisotopic (exact) mass is 220 g/mol. The number of nitrogens with one attached hydrogen (secondary N) is 1. The Morgan fingerprint density at radius 3 is 2.60 bits per heavy atom. The van der Waals surface area contributed by atoms with E-state index in [9.17, 15) is 13.2 Å². The summed E-state index contributed by atoms with van der Waals surface area (Å²) in [5, 5.41) is 9.79. The number of nitrogens with zero attached hydrogens (tertiary/aromatic N) is 3. The Morgan fingerprint density at radius 2 is 2.13 bits per heavy atom. The Balaban J connectivity index is 2.39. The number of alkyl halides is 3. The molecule has 0 bridgehead atoms. The lowest BCUT2D eigenvalue weighted by Gasteiger charge is -2.10. The summed E-state index contributed by atoms with van der Waals surface area (Å²) >= 11 is 0. The molecule has 0 radical (unpaired) electrons. The van der Waals surface area contributed by atoms with E-state index in [0.29, 0.717) is 0 Å². The first-order valence-electron chi connectivity index (χ1n) is 4.70. The van der Waals surface area contributed by atoms with Crippen molar-refractivity contribution in [3.05, 3.63) is 11.4 Å².